The molecule has 39 heavy (non-hydrogen) atoms. The van der Waals surface area contributed by atoms with Crippen LogP contribution < -0.4 is 4.90 Å². The van der Waals surface area contributed by atoms with E-state index in [9.17, 15) is 18.0 Å². The number of rotatable bonds is 6. The smallest absolute Gasteiger partial charge is 0.240 e. The number of halogens is 3. The van der Waals surface area contributed by atoms with E-state index in [1.165, 1.54) is 12.1 Å². The van der Waals surface area contributed by atoms with Gasteiger partial charge < -0.3 is 14.8 Å². The van der Waals surface area contributed by atoms with Crippen LogP contribution in [0.25, 0.3) is 11.0 Å². The van der Waals surface area contributed by atoms with Crippen molar-refractivity contribution in [3.8, 4) is 0 Å². The van der Waals surface area contributed by atoms with Gasteiger partial charge in [0, 0.05) is 50.1 Å². The van der Waals surface area contributed by atoms with E-state index in [1.807, 2.05) is 39.0 Å². The van der Waals surface area contributed by atoms with Crippen molar-refractivity contribution in [2.45, 2.75) is 29.4 Å². The standard InChI is InChI=1S/C29H28F3N5OS/c30-20-9-10-22(31)19(15-20)17-37-18-21(39-29-33-24-6-2-3-7-25(24)34-29)16-27(37)28(38)36-13-11-35(12-14-36)26-8-4-1-5-23(26)32/h1-10,15,21,27H,11-14,16-18H2,(H,33,34)/t21-,27+/m1/s1. The minimum atomic E-state index is -0.508. The second-order valence-corrected chi connectivity index (χ2v) is 11.3. The highest BCUT2D eigenvalue weighted by Crippen LogP contribution is 2.35. The minimum absolute atomic E-state index is 0.0345. The predicted molar refractivity (Wildman–Crippen MR) is 146 cm³/mol. The summed E-state index contributed by atoms with van der Waals surface area (Å²) in [5, 5.41) is 0.806. The molecule has 6 rings (SSSR count). The predicted octanol–water partition coefficient (Wildman–Crippen LogP) is 5.06. The van der Waals surface area contributed by atoms with E-state index < -0.39 is 17.7 Å². The Hall–Kier alpha value is -3.50. The molecule has 0 aliphatic carbocycles. The summed E-state index contributed by atoms with van der Waals surface area (Å²) in [6.45, 7) is 2.64. The molecule has 10 heteroatoms. The molecule has 2 aliphatic rings. The number of anilines is 1. The molecule has 6 nitrogen and oxygen atoms in total. The van der Waals surface area contributed by atoms with Crippen molar-refractivity contribution < 1.29 is 18.0 Å². The number of carbonyl (C=O) groups is 1. The van der Waals surface area contributed by atoms with E-state index in [0.717, 1.165) is 28.3 Å². The second kappa shape index (κ2) is 10.9. The molecular formula is C29H28F3N5OS. The summed E-state index contributed by atoms with van der Waals surface area (Å²) in [6, 6.07) is 17.4. The largest absolute Gasteiger partial charge is 0.366 e. The third kappa shape index (κ3) is 5.49. The van der Waals surface area contributed by atoms with Crippen molar-refractivity contribution in [1.82, 2.24) is 19.8 Å². The lowest BCUT2D eigenvalue weighted by molar-refractivity contribution is -0.136. The summed E-state index contributed by atoms with van der Waals surface area (Å²) < 4.78 is 42.8. The molecule has 2 aliphatic heterocycles. The summed E-state index contributed by atoms with van der Waals surface area (Å²) in [5.41, 5.74) is 2.58. The Morgan fingerprint density at radius 3 is 2.51 bits per heavy atom. The van der Waals surface area contributed by atoms with E-state index >= 15 is 0 Å². The van der Waals surface area contributed by atoms with Gasteiger partial charge in [0.1, 0.15) is 17.5 Å². The fraction of sp³-hybridized carbons (Fsp3) is 0.310. The molecule has 2 saturated heterocycles. The number of piperazine rings is 1. The van der Waals surface area contributed by atoms with Crippen molar-refractivity contribution in [3.05, 3.63) is 89.7 Å². The summed E-state index contributed by atoms with van der Waals surface area (Å²) in [6.07, 6.45) is 0.561. The van der Waals surface area contributed by atoms with Crippen LogP contribution in [0.5, 0.6) is 0 Å². The fourth-order valence-corrected chi connectivity index (χ4v) is 6.67. The number of amides is 1. The molecule has 2 fully saturated rings. The Morgan fingerprint density at radius 2 is 1.72 bits per heavy atom. The van der Waals surface area contributed by atoms with Crippen LogP contribution in [0.4, 0.5) is 18.9 Å². The van der Waals surface area contributed by atoms with Crippen LogP contribution in [0.1, 0.15) is 12.0 Å². The number of thioether (sulfide) groups is 1. The molecule has 202 valence electrons. The molecule has 0 spiro atoms. The molecule has 0 unspecified atom stereocenters. The average molecular weight is 552 g/mol. The SMILES string of the molecule is O=C([C@@H]1C[C@@H](Sc2nc3ccccc3[nH]2)CN1Cc1cc(F)ccc1F)N1CCN(c2ccccc2F)CC1. The van der Waals surface area contributed by atoms with Crippen molar-refractivity contribution in [3.63, 3.8) is 0 Å². The number of nitrogens with one attached hydrogen (secondary N) is 1. The number of aromatic nitrogens is 2. The van der Waals surface area contributed by atoms with E-state index in [-0.39, 0.29) is 29.1 Å². The molecule has 1 amide bonds. The first-order valence-corrected chi connectivity index (χ1v) is 13.9. The van der Waals surface area contributed by atoms with Crippen LogP contribution in [0.2, 0.25) is 0 Å². The lowest BCUT2D eigenvalue weighted by Gasteiger charge is -2.38. The van der Waals surface area contributed by atoms with Gasteiger partial charge in [0.2, 0.25) is 5.91 Å². The van der Waals surface area contributed by atoms with Gasteiger partial charge in [-0.2, -0.15) is 0 Å². The number of benzene rings is 3. The number of hydrogen-bond acceptors (Lipinski definition) is 5. The third-order valence-electron chi connectivity index (χ3n) is 7.46. The molecule has 0 bridgehead atoms. The fourth-order valence-electron chi connectivity index (χ4n) is 5.49. The lowest BCUT2D eigenvalue weighted by atomic mass is 10.1. The summed E-state index contributed by atoms with van der Waals surface area (Å²) in [4.78, 5) is 27.5. The molecule has 3 aromatic carbocycles. The number of imidazole rings is 1. The Bertz CT molecular complexity index is 1460. The van der Waals surface area contributed by atoms with Crippen LogP contribution in [0.3, 0.4) is 0 Å². The highest BCUT2D eigenvalue weighted by atomic mass is 32.2. The first kappa shape index (κ1) is 25.8. The number of H-pyrrole nitrogens is 1. The Labute approximate surface area is 228 Å². The van der Waals surface area contributed by atoms with Crippen LogP contribution in [0, 0.1) is 17.5 Å². The number of aromatic amines is 1. The van der Waals surface area contributed by atoms with Gasteiger partial charge in [-0.25, -0.2) is 18.2 Å². The van der Waals surface area contributed by atoms with Crippen molar-refractivity contribution >= 4 is 34.4 Å². The third-order valence-corrected chi connectivity index (χ3v) is 8.55. The summed E-state index contributed by atoms with van der Waals surface area (Å²) >= 11 is 1.57. The van der Waals surface area contributed by atoms with E-state index in [4.69, 9.17) is 0 Å². The van der Waals surface area contributed by atoms with Gasteiger partial charge in [-0.05, 0) is 48.9 Å². The van der Waals surface area contributed by atoms with Gasteiger partial charge in [0.25, 0.3) is 0 Å². The van der Waals surface area contributed by atoms with Crippen LogP contribution in [-0.4, -0.2) is 69.7 Å². The van der Waals surface area contributed by atoms with Gasteiger partial charge in [-0.1, -0.05) is 36.0 Å². The molecular weight excluding hydrogens is 523 g/mol. The lowest BCUT2D eigenvalue weighted by Crippen LogP contribution is -2.53. The zero-order chi connectivity index (χ0) is 26.9. The minimum Gasteiger partial charge on any atom is -0.366 e. The zero-order valence-electron chi connectivity index (χ0n) is 21.2. The highest BCUT2D eigenvalue weighted by Gasteiger charge is 2.40. The monoisotopic (exact) mass is 551 g/mol. The van der Waals surface area contributed by atoms with Gasteiger partial charge in [-0.15, -0.1) is 0 Å². The van der Waals surface area contributed by atoms with Crippen LogP contribution in [0.15, 0.2) is 71.9 Å². The second-order valence-electron chi connectivity index (χ2n) is 9.98. The highest BCUT2D eigenvalue weighted by molar-refractivity contribution is 7.99. The van der Waals surface area contributed by atoms with E-state index in [1.54, 1.807) is 30.0 Å². The first-order valence-electron chi connectivity index (χ1n) is 13.0. The molecule has 1 N–H and O–H groups in total. The van der Waals surface area contributed by atoms with Gasteiger partial charge >= 0.3 is 0 Å². The number of nitrogens with zero attached hydrogens (tertiary/aromatic N) is 4. The van der Waals surface area contributed by atoms with Gasteiger partial charge in [-0.3, -0.25) is 9.69 Å². The van der Waals surface area contributed by atoms with E-state index in [0.29, 0.717) is 44.8 Å². The molecule has 0 saturated carbocycles. The van der Waals surface area contributed by atoms with Gasteiger partial charge in [0.15, 0.2) is 5.16 Å². The van der Waals surface area contributed by atoms with Crippen molar-refractivity contribution in [2.75, 3.05) is 37.6 Å². The van der Waals surface area contributed by atoms with Crippen molar-refractivity contribution in [1.29, 1.82) is 0 Å². The quantitative estimate of drug-likeness (QED) is 0.363. The Balaban J connectivity index is 1.19. The number of hydrogen-bond donors (Lipinski definition) is 1. The normalized spacial score (nSPS) is 20.2. The van der Waals surface area contributed by atoms with Gasteiger partial charge in [0.05, 0.1) is 22.8 Å². The maximum atomic E-state index is 14.6. The number of fused-ring (bicyclic) bond motifs is 1. The Kier molecular flexibility index (Phi) is 7.22. The molecule has 0 radical (unpaired) electrons. The molecule has 1 aromatic heterocycles. The van der Waals surface area contributed by atoms with E-state index in [2.05, 4.69) is 9.97 Å². The van der Waals surface area contributed by atoms with Crippen LogP contribution in [-0.2, 0) is 11.3 Å². The number of carbonyl (C=O) groups excluding carboxylic acids is 1. The Morgan fingerprint density at radius 1 is 0.949 bits per heavy atom. The summed E-state index contributed by atoms with van der Waals surface area (Å²) in [5.74, 6) is -1.31. The molecule has 2 atom stereocenters. The maximum Gasteiger partial charge on any atom is 0.240 e. The zero-order valence-corrected chi connectivity index (χ0v) is 22.0. The van der Waals surface area contributed by atoms with Crippen LogP contribution >= 0.6 is 11.8 Å². The first-order chi connectivity index (χ1) is 18.9. The maximum absolute atomic E-state index is 14.6. The average Bonchev–Trinajstić information content (AvgIpc) is 3.54. The van der Waals surface area contributed by atoms with Crippen molar-refractivity contribution in [2.24, 2.45) is 0 Å². The molecule has 4 aromatic rings. The number of likely N-dealkylation sites (tertiary alicyclic amines) is 1. The molecule has 3 heterocycles. The summed E-state index contributed by atoms with van der Waals surface area (Å²) in [7, 11) is 0. The topological polar surface area (TPSA) is 55.5 Å². The number of para-hydroxylation sites is 3.